The Labute approximate surface area is 166 Å². The maximum atomic E-state index is 12.9. The summed E-state index contributed by atoms with van der Waals surface area (Å²) in [5.74, 6) is 0.564. The first kappa shape index (κ1) is 19.5. The van der Waals surface area contributed by atoms with Crippen molar-refractivity contribution in [1.82, 2.24) is 14.9 Å². The average Bonchev–Trinajstić information content (AvgIpc) is 2.73. The fraction of sp³-hybridized carbons (Fsp3) is 0.261. The number of carbonyl (C=O) groups is 1. The molecule has 0 saturated heterocycles. The van der Waals surface area contributed by atoms with Crippen LogP contribution in [0.4, 0.5) is 5.82 Å². The predicted molar refractivity (Wildman–Crippen MR) is 112 cm³/mol. The smallest absolute Gasteiger partial charge is 0.274 e. The van der Waals surface area contributed by atoms with Crippen molar-refractivity contribution in [2.24, 2.45) is 0 Å². The zero-order valence-electron chi connectivity index (χ0n) is 16.4. The lowest BCUT2D eigenvalue weighted by Gasteiger charge is -2.26. The van der Waals surface area contributed by atoms with Crippen LogP contribution in [0.1, 0.15) is 35.5 Å². The summed E-state index contributed by atoms with van der Waals surface area (Å²) in [6.45, 7) is 5.33. The molecule has 5 nitrogen and oxygen atoms in total. The average molecular weight is 374 g/mol. The minimum absolute atomic E-state index is 0.0678. The molecule has 0 fully saturated rings. The number of nitrogens with zero attached hydrogens (tertiary/aromatic N) is 3. The second-order valence-corrected chi connectivity index (χ2v) is 6.96. The van der Waals surface area contributed by atoms with Gasteiger partial charge in [-0.1, -0.05) is 60.7 Å². The Bertz CT molecular complexity index is 864. The van der Waals surface area contributed by atoms with Crippen molar-refractivity contribution in [1.29, 1.82) is 0 Å². The fourth-order valence-corrected chi connectivity index (χ4v) is 2.93. The third kappa shape index (κ3) is 5.39. The maximum absolute atomic E-state index is 12.9. The molecule has 0 spiro atoms. The minimum atomic E-state index is -0.109. The van der Waals surface area contributed by atoms with E-state index in [9.17, 15) is 4.79 Å². The standard InChI is InChI=1S/C23H26N4O/c1-18(2)27(17-20-11-7-4-8-12-20)23(28)21-15-26-22(16-25-21)24-14-13-19-9-5-3-6-10-19/h3-12,15-16,18H,13-14,17H2,1-2H3,(H,24,26). The molecule has 0 atom stereocenters. The van der Waals surface area contributed by atoms with Crippen molar-refractivity contribution < 1.29 is 4.79 Å². The highest BCUT2D eigenvalue weighted by Crippen LogP contribution is 2.13. The van der Waals surface area contributed by atoms with Crippen LogP contribution in [0.15, 0.2) is 73.1 Å². The number of hydrogen-bond donors (Lipinski definition) is 1. The molecule has 0 radical (unpaired) electrons. The molecule has 0 aliphatic heterocycles. The van der Waals surface area contributed by atoms with E-state index in [-0.39, 0.29) is 11.9 Å². The highest BCUT2D eigenvalue weighted by atomic mass is 16.2. The van der Waals surface area contributed by atoms with Crippen LogP contribution in [0, 0.1) is 0 Å². The van der Waals surface area contributed by atoms with E-state index in [2.05, 4.69) is 27.4 Å². The zero-order chi connectivity index (χ0) is 19.8. The molecular formula is C23H26N4O. The first-order chi connectivity index (χ1) is 13.6. The summed E-state index contributed by atoms with van der Waals surface area (Å²) < 4.78 is 0. The van der Waals surface area contributed by atoms with Gasteiger partial charge in [0.1, 0.15) is 11.5 Å². The molecule has 1 amide bonds. The summed E-state index contributed by atoms with van der Waals surface area (Å²) in [7, 11) is 0. The van der Waals surface area contributed by atoms with E-state index in [0.717, 1.165) is 18.5 Å². The molecule has 1 heterocycles. The van der Waals surface area contributed by atoms with E-state index < -0.39 is 0 Å². The molecule has 0 bridgehead atoms. The summed E-state index contributed by atoms with van der Waals surface area (Å²) in [4.78, 5) is 23.4. The van der Waals surface area contributed by atoms with Gasteiger partial charge in [-0.05, 0) is 31.4 Å². The van der Waals surface area contributed by atoms with Gasteiger partial charge in [0.15, 0.2) is 0 Å². The Balaban J connectivity index is 1.60. The molecule has 144 valence electrons. The molecule has 0 aliphatic rings. The van der Waals surface area contributed by atoms with Crippen molar-refractivity contribution in [3.63, 3.8) is 0 Å². The number of anilines is 1. The van der Waals surface area contributed by atoms with E-state index >= 15 is 0 Å². The van der Waals surface area contributed by atoms with Crippen LogP contribution in [0.25, 0.3) is 0 Å². The van der Waals surface area contributed by atoms with Gasteiger partial charge in [-0.15, -0.1) is 0 Å². The maximum Gasteiger partial charge on any atom is 0.274 e. The largest absolute Gasteiger partial charge is 0.368 e. The van der Waals surface area contributed by atoms with Gasteiger partial charge in [0, 0.05) is 19.1 Å². The van der Waals surface area contributed by atoms with Gasteiger partial charge in [-0.2, -0.15) is 0 Å². The summed E-state index contributed by atoms with van der Waals surface area (Å²) in [5, 5.41) is 3.25. The molecule has 28 heavy (non-hydrogen) atoms. The molecule has 5 heteroatoms. The van der Waals surface area contributed by atoms with E-state index in [0.29, 0.717) is 18.1 Å². The van der Waals surface area contributed by atoms with Crippen molar-refractivity contribution in [3.8, 4) is 0 Å². The number of carbonyl (C=O) groups excluding carboxylic acids is 1. The Morgan fingerprint density at radius 1 is 0.929 bits per heavy atom. The third-order valence-corrected chi connectivity index (χ3v) is 4.51. The van der Waals surface area contributed by atoms with Gasteiger partial charge in [-0.25, -0.2) is 9.97 Å². The van der Waals surface area contributed by atoms with Crippen LogP contribution in [-0.2, 0) is 13.0 Å². The Morgan fingerprint density at radius 2 is 1.57 bits per heavy atom. The van der Waals surface area contributed by atoms with Crippen molar-refractivity contribution in [2.45, 2.75) is 32.9 Å². The molecule has 0 saturated carbocycles. The lowest BCUT2D eigenvalue weighted by molar-refractivity contribution is 0.0684. The van der Waals surface area contributed by atoms with E-state index in [1.165, 1.54) is 5.56 Å². The van der Waals surface area contributed by atoms with Crippen LogP contribution in [0.5, 0.6) is 0 Å². The lowest BCUT2D eigenvalue weighted by atomic mass is 10.1. The SMILES string of the molecule is CC(C)N(Cc1ccccc1)C(=O)c1cnc(NCCc2ccccc2)cn1. The number of nitrogens with one attached hydrogen (secondary N) is 1. The molecular weight excluding hydrogens is 348 g/mol. The number of amides is 1. The number of hydrogen-bond acceptors (Lipinski definition) is 4. The summed E-state index contributed by atoms with van der Waals surface area (Å²) in [6, 6.07) is 20.3. The summed E-state index contributed by atoms with van der Waals surface area (Å²) in [5.41, 5.74) is 2.72. The highest BCUT2D eigenvalue weighted by molar-refractivity contribution is 5.92. The van der Waals surface area contributed by atoms with Crippen molar-refractivity contribution >= 4 is 11.7 Å². The van der Waals surface area contributed by atoms with Gasteiger partial charge in [0.05, 0.1) is 12.4 Å². The summed E-state index contributed by atoms with van der Waals surface area (Å²) >= 11 is 0. The Morgan fingerprint density at radius 3 is 2.14 bits per heavy atom. The first-order valence-corrected chi connectivity index (χ1v) is 9.58. The minimum Gasteiger partial charge on any atom is -0.368 e. The number of aromatic nitrogens is 2. The number of rotatable bonds is 8. The normalized spacial score (nSPS) is 10.7. The molecule has 0 unspecified atom stereocenters. The van der Waals surface area contributed by atoms with E-state index in [4.69, 9.17) is 0 Å². The zero-order valence-corrected chi connectivity index (χ0v) is 16.4. The quantitative estimate of drug-likeness (QED) is 0.642. The highest BCUT2D eigenvalue weighted by Gasteiger charge is 2.20. The van der Waals surface area contributed by atoms with Crippen LogP contribution < -0.4 is 5.32 Å². The summed E-state index contributed by atoms with van der Waals surface area (Å²) in [6.07, 6.45) is 4.08. The van der Waals surface area contributed by atoms with Crippen LogP contribution in [-0.4, -0.2) is 33.4 Å². The second kappa shape index (κ2) is 9.65. The van der Waals surface area contributed by atoms with Gasteiger partial charge >= 0.3 is 0 Å². The van der Waals surface area contributed by atoms with Crippen LogP contribution in [0.2, 0.25) is 0 Å². The van der Waals surface area contributed by atoms with Gasteiger partial charge in [0.25, 0.3) is 5.91 Å². The third-order valence-electron chi connectivity index (χ3n) is 4.51. The van der Waals surface area contributed by atoms with Crippen molar-refractivity contribution in [2.75, 3.05) is 11.9 Å². The van der Waals surface area contributed by atoms with E-state index in [1.807, 2.05) is 67.3 Å². The van der Waals surface area contributed by atoms with Crippen LogP contribution in [0.3, 0.4) is 0 Å². The second-order valence-electron chi connectivity index (χ2n) is 6.96. The lowest BCUT2D eigenvalue weighted by Crippen LogP contribution is -2.37. The van der Waals surface area contributed by atoms with Gasteiger partial charge in [0.2, 0.25) is 0 Å². The molecule has 1 N–H and O–H groups in total. The Kier molecular flexibility index (Phi) is 6.73. The molecule has 1 aromatic heterocycles. The number of benzene rings is 2. The van der Waals surface area contributed by atoms with E-state index in [1.54, 1.807) is 12.4 Å². The molecule has 3 rings (SSSR count). The van der Waals surface area contributed by atoms with Gasteiger partial charge in [-0.3, -0.25) is 4.79 Å². The topological polar surface area (TPSA) is 58.1 Å². The Hall–Kier alpha value is -3.21. The molecule has 3 aromatic rings. The molecule has 2 aromatic carbocycles. The predicted octanol–water partition coefficient (Wildman–Crippen LogP) is 4.18. The van der Waals surface area contributed by atoms with Crippen molar-refractivity contribution in [3.05, 3.63) is 89.9 Å². The first-order valence-electron chi connectivity index (χ1n) is 9.58. The fourth-order valence-electron chi connectivity index (χ4n) is 2.93. The van der Waals surface area contributed by atoms with Gasteiger partial charge < -0.3 is 10.2 Å². The molecule has 0 aliphatic carbocycles. The van der Waals surface area contributed by atoms with Crippen LogP contribution >= 0.6 is 0 Å². The monoisotopic (exact) mass is 374 g/mol.